The van der Waals surface area contributed by atoms with E-state index in [0.717, 1.165) is 0 Å². The number of hydrogen-bond donors (Lipinski definition) is 0. The van der Waals surface area contributed by atoms with Gasteiger partial charge < -0.3 is 0 Å². The van der Waals surface area contributed by atoms with Crippen LogP contribution >= 0.6 is 11.6 Å². The van der Waals surface area contributed by atoms with E-state index in [4.69, 9.17) is 11.6 Å². The van der Waals surface area contributed by atoms with Crippen LogP contribution in [0.4, 0.5) is 13.2 Å². The summed E-state index contributed by atoms with van der Waals surface area (Å²) in [5.74, 6) is 0.0923. The van der Waals surface area contributed by atoms with E-state index in [2.05, 4.69) is 0 Å². The molecule has 1 rings (SSSR count). The number of hydrogen-bond acceptors (Lipinski definition) is 2. The molecule has 0 unspecified atom stereocenters. The molecule has 0 aliphatic rings. The van der Waals surface area contributed by atoms with Crippen LogP contribution in [0.5, 0.6) is 0 Å². The van der Waals surface area contributed by atoms with Crippen molar-refractivity contribution in [3.8, 4) is 0 Å². The van der Waals surface area contributed by atoms with Crippen molar-refractivity contribution in [1.82, 2.24) is 4.31 Å². The summed E-state index contributed by atoms with van der Waals surface area (Å²) in [5.41, 5.74) is 1.67. The fourth-order valence-corrected chi connectivity index (χ4v) is 3.89. The molecule has 8 heteroatoms. The van der Waals surface area contributed by atoms with Gasteiger partial charge in [-0.25, -0.2) is 8.42 Å². The first kappa shape index (κ1) is 18.3. The van der Waals surface area contributed by atoms with Crippen LogP contribution in [0, 0.1) is 13.8 Å². The molecule has 0 fully saturated rings. The fourth-order valence-electron chi connectivity index (χ4n) is 1.95. The van der Waals surface area contributed by atoms with Crippen molar-refractivity contribution < 1.29 is 21.6 Å². The van der Waals surface area contributed by atoms with Crippen molar-refractivity contribution >= 4 is 21.6 Å². The van der Waals surface area contributed by atoms with Gasteiger partial charge in [0.25, 0.3) is 0 Å². The van der Waals surface area contributed by atoms with E-state index in [0.29, 0.717) is 21.0 Å². The highest BCUT2D eigenvalue weighted by Crippen LogP contribution is 2.27. The first-order valence-corrected chi connectivity index (χ1v) is 8.23. The van der Waals surface area contributed by atoms with Crippen molar-refractivity contribution in [1.29, 1.82) is 0 Å². The molecule has 120 valence electrons. The van der Waals surface area contributed by atoms with E-state index in [9.17, 15) is 21.6 Å². The maximum absolute atomic E-state index is 12.5. The van der Waals surface area contributed by atoms with E-state index in [-0.39, 0.29) is 17.3 Å². The van der Waals surface area contributed by atoms with Gasteiger partial charge in [-0.2, -0.15) is 17.5 Å². The first-order valence-electron chi connectivity index (χ1n) is 6.26. The average molecular weight is 344 g/mol. The highest BCUT2D eigenvalue weighted by atomic mass is 35.5. The molecule has 21 heavy (non-hydrogen) atoms. The van der Waals surface area contributed by atoms with Gasteiger partial charge in [0.05, 0.1) is 4.90 Å². The summed E-state index contributed by atoms with van der Waals surface area (Å²) in [7, 11) is -4.22. The van der Waals surface area contributed by atoms with Gasteiger partial charge in [0.2, 0.25) is 10.0 Å². The molecule has 1 aromatic carbocycles. The second kappa shape index (κ2) is 6.54. The van der Waals surface area contributed by atoms with Crippen LogP contribution in [0.3, 0.4) is 0 Å². The lowest BCUT2D eigenvalue weighted by molar-refractivity contribution is -0.135. The quantitative estimate of drug-likeness (QED) is 0.766. The number of sulfonamides is 1. The number of benzene rings is 1. The summed E-state index contributed by atoms with van der Waals surface area (Å²) in [6.45, 7) is 2.88. The Hall–Kier alpha value is -0.790. The third kappa shape index (κ3) is 4.34. The molecule has 1 aromatic rings. The standard InChI is InChI=1S/C13H17ClF3NO2S/c1-4-18(8-13(15,16)17)21(19,20)12-6-11(7-14)5-9(2)10(12)3/h5-6H,4,7-8H2,1-3H3. The Bertz CT molecular complexity index is 615. The van der Waals surface area contributed by atoms with Gasteiger partial charge in [-0.05, 0) is 36.6 Å². The van der Waals surface area contributed by atoms with Crippen LogP contribution in [0.2, 0.25) is 0 Å². The second-order valence-corrected chi connectivity index (χ2v) is 6.89. The number of alkyl halides is 4. The zero-order chi connectivity index (χ0) is 16.4. The predicted octanol–water partition coefficient (Wildman–Crippen LogP) is 3.62. The Morgan fingerprint density at radius 2 is 1.81 bits per heavy atom. The summed E-state index contributed by atoms with van der Waals surface area (Å²) in [6, 6.07) is 3.06. The van der Waals surface area contributed by atoms with Gasteiger partial charge in [0, 0.05) is 12.4 Å². The maximum Gasteiger partial charge on any atom is 0.402 e. The Morgan fingerprint density at radius 3 is 2.24 bits per heavy atom. The molecular formula is C13H17ClF3NO2S. The highest BCUT2D eigenvalue weighted by Gasteiger charge is 2.36. The van der Waals surface area contributed by atoms with E-state index in [1.165, 1.54) is 13.0 Å². The molecule has 0 bridgehead atoms. The molecule has 0 radical (unpaired) electrons. The molecule has 0 saturated carbocycles. The van der Waals surface area contributed by atoms with Gasteiger partial charge in [-0.1, -0.05) is 13.0 Å². The van der Waals surface area contributed by atoms with Crippen molar-refractivity contribution in [2.75, 3.05) is 13.1 Å². The molecule has 0 aliphatic carbocycles. The summed E-state index contributed by atoms with van der Waals surface area (Å²) in [6.07, 6.45) is -4.59. The lowest BCUT2D eigenvalue weighted by atomic mass is 10.1. The predicted molar refractivity (Wildman–Crippen MR) is 76.0 cm³/mol. The summed E-state index contributed by atoms with van der Waals surface area (Å²) < 4.78 is 63.0. The molecule has 0 spiro atoms. The number of halogens is 4. The van der Waals surface area contributed by atoms with Crippen molar-refractivity contribution in [2.24, 2.45) is 0 Å². The third-order valence-corrected chi connectivity index (χ3v) is 5.52. The monoisotopic (exact) mass is 343 g/mol. The Labute approximate surface area is 127 Å². The normalized spacial score (nSPS) is 13.0. The smallest absolute Gasteiger partial charge is 0.207 e. The van der Waals surface area contributed by atoms with Crippen molar-refractivity contribution in [2.45, 2.75) is 37.7 Å². The van der Waals surface area contributed by atoms with Crippen LogP contribution in [0.15, 0.2) is 17.0 Å². The first-order chi connectivity index (χ1) is 9.52. The Kier molecular flexibility index (Phi) is 5.69. The lowest BCUT2D eigenvalue weighted by Gasteiger charge is -2.23. The topological polar surface area (TPSA) is 37.4 Å². The molecular weight excluding hydrogens is 327 g/mol. The second-order valence-electron chi connectivity index (χ2n) is 4.72. The SMILES string of the molecule is CCN(CC(F)(F)F)S(=O)(=O)c1cc(CCl)cc(C)c1C. The van der Waals surface area contributed by atoms with Crippen LogP contribution in [-0.2, 0) is 15.9 Å². The van der Waals surface area contributed by atoms with Gasteiger partial charge in [0.15, 0.2) is 0 Å². The largest absolute Gasteiger partial charge is 0.402 e. The van der Waals surface area contributed by atoms with Gasteiger partial charge in [-0.15, -0.1) is 11.6 Å². The third-order valence-electron chi connectivity index (χ3n) is 3.16. The van der Waals surface area contributed by atoms with Crippen molar-refractivity contribution in [3.63, 3.8) is 0 Å². The number of aryl methyl sites for hydroxylation is 1. The molecule has 0 heterocycles. The van der Waals surface area contributed by atoms with Crippen LogP contribution in [0.1, 0.15) is 23.6 Å². The Morgan fingerprint density at radius 1 is 1.24 bits per heavy atom. The molecule has 3 nitrogen and oxygen atoms in total. The van der Waals surface area contributed by atoms with E-state index >= 15 is 0 Å². The zero-order valence-corrected chi connectivity index (χ0v) is 13.5. The van der Waals surface area contributed by atoms with E-state index < -0.39 is 22.7 Å². The Balaban J connectivity index is 3.38. The van der Waals surface area contributed by atoms with Crippen LogP contribution in [-0.4, -0.2) is 32.0 Å². The summed E-state index contributed by atoms with van der Waals surface area (Å²) in [4.78, 5) is -0.121. The maximum atomic E-state index is 12.5. The highest BCUT2D eigenvalue weighted by molar-refractivity contribution is 7.89. The van der Waals surface area contributed by atoms with Crippen LogP contribution < -0.4 is 0 Å². The summed E-state index contributed by atoms with van der Waals surface area (Å²) in [5, 5.41) is 0. The fraction of sp³-hybridized carbons (Fsp3) is 0.538. The zero-order valence-electron chi connectivity index (χ0n) is 12.0. The van der Waals surface area contributed by atoms with Crippen molar-refractivity contribution in [3.05, 3.63) is 28.8 Å². The lowest BCUT2D eigenvalue weighted by Crippen LogP contribution is -2.39. The number of rotatable bonds is 5. The minimum absolute atomic E-state index is 0.0923. The minimum atomic E-state index is -4.59. The molecule has 0 aromatic heterocycles. The van der Waals surface area contributed by atoms with Gasteiger partial charge in [0.1, 0.15) is 6.54 Å². The number of nitrogens with zero attached hydrogens (tertiary/aromatic N) is 1. The molecule has 0 atom stereocenters. The van der Waals surface area contributed by atoms with Gasteiger partial charge >= 0.3 is 6.18 Å². The van der Waals surface area contributed by atoms with Gasteiger partial charge in [-0.3, -0.25) is 0 Å². The molecule has 0 saturated heterocycles. The minimum Gasteiger partial charge on any atom is -0.207 e. The average Bonchev–Trinajstić information content (AvgIpc) is 2.37. The molecule has 0 N–H and O–H groups in total. The summed E-state index contributed by atoms with van der Waals surface area (Å²) >= 11 is 5.70. The molecule has 0 aliphatic heterocycles. The van der Waals surface area contributed by atoms with E-state index in [1.807, 2.05) is 0 Å². The van der Waals surface area contributed by atoms with E-state index in [1.54, 1.807) is 19.9 Å². The molecule has 0 amide bonds. The van der Waals surface area contributed by atoms with Crippen LogP contribution in [0.25, 0.3) is 0 Å².